The van der Waals surface area contributed by atoms with Crippen LogP contribution in [0, 0.1) is 0 Å². The maximum atomic E-state index is 12.7. The van der Waals surface area contributed by atoms with Crippen LogP contribution in [0.25, 0.3) is 22.6 Å². The largest absolute Gasteiger partial charge is 0.451 e. The van der Waals surface area contributed by atoms with Crippen molar-refractivity contribution in [3.05, 3.63) is 82.9 Å². The number of rotatable bonds is 6. The molecule has 154 valence electrons. The standard InChI is InChI=1S/C24H18N2O4S/c1-14(27)16-8-10-17(11-9-16)19-12-13-20(30-19)23(29)26-24-25-21(22(31-24)15(2)28)18-6-4-3-5-7-18/h3-13H,1-2H3,(H,25,26,29). The van der Waals surface area contributed by atoms with E-state index in [0.717, 1.165) is 22.5 Å². The van der Waals surface area contributed by atoms with Crippen molar-refractivity contribution >= 4 is 33.9 Å². The average Bonchev–Trinajstić information content (AvgIpc) is 3.42. The van der Waals surface area contributed by atoms with E-state index >= 15 is 0 Å². The van der Waals surface area contributed by atoms with Crippen LogP contribution in [0.4, 0.5) is 5.13 Å². The van der Waals surface area contributed by atoms with E-state index < -0.39 is 5.91 Å². The second-order valence-corrected chi connectivity index (χ2v) is 7.87. The molecule has 6 nitrogen and oxygen atoms in total. The zero-order valence-corrected chi connectivity index (χ0v) is 17.7. The number of anilines is 1. The first kappa shape index (κ1) is 20.4. The molecule has 0 bridgehead atoms. The number of aromatic nitrogens is 1. The number of furan rings is 1. The Balaban J connectivity index is 1.55. The molecule has 0 aliphatic rings. The van der Waals surface area contributed by atoms with Gasteiger partial charge in [0.15, 0.2) is 22.5 Å². The van der Waals surface area contributed by atoms with Gasteiger partial charge >= 0.3 is 0 Å². The van der Waals surface area contributed by atoms with Crippen LogP contribution >= 0.6 is 11.3 Å². The molecule has 0 saturated heterocycles. The molecule has 0 unspecified atom stereocenters. The third-order valence-corrected chi connectivity index (χ3v) is 5.69. The lowest BCUT2D eigenvalue weighted by atomic mass is 10.1. The molecule has 4 rings (SSSR count). The smallest absolute Gasteiger partial charge is 0.293 e. The van der Waals surface area contributed by atoms with Crippen LogP contribution in [0.2, 0.25) is 0 Å². The summed E-state index contributed by atoms with van der Waals surface area (Å²) in [4.78, 5) is 41.1. The Morgan fingerprint density at radius 2 is 1.55 bits per heavy atom. The predicted molar refractivity (Wildman–Crippen MR) is 120 cm³/mol. The van der Waals surface area contributed by atoms with Gasteiger partial charge in [-0.3, -0.25) is 19.7 Å². The summed E-state index contributed by atoms with van der Waals surface area (Å²) in [6.07, 6.45) is 0. The Bertz CT molecular complexity index is 1270. The number of Topliss-reactive ketones (excluding diaryl/α,β-unsaturated/α-hetero) is 2. The van der Waals surface area contributed by atoms with Crippen molar-refractivity contribution in [2.75, 3.05) is 5.32 Å². The number of nitrogens with one attached hydrogen (secondary N) is 1. The van der Waals surface area contributed by atoms with E-state index in [9.17, 15) is 14.4 Å². The molecule has 31 heavy (non-hydrogen) atoms. The van der Waals surface area contributed by atoms with Crippen LogP contribution in [0.3, 0.4) is 0 Å². The molecule has 1 amide bonds. The maximum absolute atomic E-state index is 12.7. The van der Waals surface area contributed by atoms with Gasteiger partial charge in [-0.1, -0.05) is 65.9 Å². The van der Waals surface area contributed by atoms with Crippen molar-refractivity contribution in [1.82, 2.24) is 4.98 Å². The molecule has 2 aromatic heterocycles. The summed E-state index contributed by atoms with van der Waals surface area (Å²) in [6, 6.07) is 19.6. The lowest BCUT2D eigenvalue weighted by molar-refractivity contribution is 0.0993. The molecule has 0 fully saturated rings. The number of hydrogen-bond donors (Lipinski definition) is 1. The van der Waals surface area contributed by atoms with Crippen LogP contribution < -0.4 is 5.32 Å². The van der Waals surface area contributed by atoms with E-state index in [2.05, 4.69) is 10.3 Å². The first-order valence-corrected chi connectivity index (χ1v) is 10.3. The minimum atomic E-state index is -0.463. The molecular formula is C24H18N2O4S. The Hall–Kier alpha value is -3.84. The van der Waals surface area contributed by atoms with E-state index in [1.54, 1.807) is 36.4 Å². The van der Waals surface area contributed by atoms with Gasteiger partial charge in [-0.2, -0.15) is 0 Å². The Kier molecular flexibility index (Phi) is 5.60. The summed E-state index contributed by atoms with van der Waals surface area (Å²) in [7, 11) is 0. The van der Waals surface area contributed by atoms with Crippen LogP contribution in [-0.4, -0.2) is 22.5 Å². The van der Waals surface area contributed by atoms with Gasteiger partial charge in [0.2, 0.25) is 0 Å². The maximum Gasteiger partial charge on any atom is 0.293 e. The van der Waals surface area contributed by atoms with E-state index in [4.69, 9.17) is 4.42 Å². The number of amides is 1. The fourth-order valence-electron chi connectivity index (χ4n) is 3.05. The van der Waals surface area contributed by atoms with E-state index in [-0.39, 0.29) is 17.3 Å². The van der Waals surface area contributed by atoms with Gasteiger partial charge in [-0.25, -0.2) is 4.98 Å². The molecule has 0 atom stereocenters. The number of carbonyl (C=O) groups excluding carboxylic acids is 3. The van der Waals surface area contributed by atoms with E-state index in [1.807, 2.05) is 30.3 Å². The quantitative estimate of drug-likeness (QED) is 0.395. The van der Waals surface area contributed by atoms with Crippen molar-refractivity contribution in [3.8, 4) is 22.6 Å². The highest BCUT2D eigenvalue weighted by Crippen LogP contribution is 2.32. The highest BCUT2D eigenvalue weighted by molar-refractivity contribution is 7.18. The zero-order chi connectivity index (χ0) is 22.0. The molecule has 0 radical (unpaired) electrons. The average molecular weight is 430 g/mol. The summed E-state index contributed by atoms with van der Waals surface area (Å²) in [5, 5.41) is 3.03. The van der Waals surface area contributed by atoms with Crippen LogP contribution in [-0.2, 0) is 0 Å². The second kappa shape index (κ2) is 8.49. The number of carbonyl (C=O) groups is 3. The topological polar surface area (TPSA) is 89.3 Å². The summed E-state index contributed by atoms with van der Waals surface area (Å²) < 4.78 is 5.69. The zero-order valence-electron chi connectivity index (χ0n) is 16.8. The van der Waals surface area contributed by atoms with Gasteiger partial charge < -0.3 is 4.42 Å². The first-order chi connectivity index (χ1) is 14.9. The fraction of sp³-hybridized carbons (Fsp3) is 0.0833. The van der Waals surface area contributed by atoms with Gasteiger partial charge in [0.1, 0.15) is 5.76 Å². The number of ketones is 2. The molecule has 1 N–H and O–H groups in total. The Morgan fingerprint density at radius 3 is 2.19 bits per heavy atom. The Morgan fingerprint density at radius 1 is 0.839 bits per heavy atom. The first-order valence-electron chi connectivity index (χ1n) is 9.52. The monoisotopic (exact) mass is 430 g/mol. The van der Waals surface area contributed by atoms with Gasteiger partial charge in [0, 0.05) is 23.6 Å². The third-order valence-electron chi connectivity index (χ3n) is 4.62. The minimum absolute atomic E-state index is 0.0192. The van der Waals surface area contributed by atoms with Crippen molar-refractivity contribution in [1.29, 1.82) is 0 Å². The van der Waals surface area contributed by atoms with Gasteiger partial charge in [0.25, 0.3) is 5.91 Å². The second-order valence-electron chi connectivity index (χ2n) is 6.87. The molecule has 0 saturated carbocycles. The number of thiazole rings is 1. The van der Waals surface area contributed by atoms with Crippen LogP contribution in [0.5, 0.6) is 0 Å². The molecule has 2 aromatic carbocycles. The molecule has 7 heteroatoms. The molecule has 4 aromatic rings. The van der Waals surface area contributed by atoms with Gasteiger partial charge in [-0.15, -0.1) is 0 Å². The normalized spacial score (nSPS) is 10.6. The molecule has 0 aliphatic heterocycles. The Labute approximate surface area is 182 Å². The van der Waals surface area contributed by atoms with Crippen molar-refractivity contribution in [3.63, 3.8) is 0 Å². The molecule has 2 heterocycles. The highest BCUT2D eigenvalue weighted by Gasteiger charge is 2.20. The minimum Gasteiger partial charge on any atom is -0.451 e. The summed E-state index contributed by atoms with van der Waals surface area (Å²) in [5.74, 6) is 0.0239. The molecule has 0 spiro atoms. The van der Waals surface area contributed by atoms with Gasteiger partial charge in [0.05, 0.1) is 10.6 Å². The summed E-state index contributed by atoms with van der Waals surface area (Å²) in [6.45, 7) is 2.98. The third kappa shape index (κ3) is 4.36. The predicted octanol–water partition coefficient (Wildman–Crippen LogP) is 5.73. The van der Waals surface area contributed by atoms with Crippen molar-refractivity contribution in [2.45, 2.75) is 13.8 Å². The summed E-state index contributed by atoms with van der Waals surface area (Å²) in [5.41, 5.74) is 2.70. The fourth-order valence-corrected chi connectivity index (χ4v) is 3.92. The summed E-state index contributed by atoms with van der Waals surface area (Å²) >= 11 is 1.13. The van der Waals surface area contributed by atoms with Crippen molar-refractivity contribution < 1.29 is 18.8 Å². The number of nitrogens with zero attached hydrogens (tertiary/aromatic N) is 1. The van der Waals surface area contributed by atoms with E-state index in [1.165, 1.54) is 13.8 Å². The van der Waals surface area contributed by atoms with E-state index in [0.29, 0.717) is 27.0 Å². The number of hydrogen-bond acceptors (Lipinski definition) is 6. The lowest BCUT2D eigenvalue weighted by Gasteiger charge is -2.00. The molecular weight excluding hydrogens is 412 g/mol. The van der Waals surface area contributed by atoms with Crippen LogP contribution in [0.1, 0.15) is 44.4 Å². The number of benzene rings is 2. The van der Waals surface area contributed by atoms with Crippen LogP contribution in [0.15, 0.2) is 71.1 Å². The van der Waals surface area contributed by atoms with Crippen molar-refractivity contribution in [2.24, 2.45) is 0 Å². The SMILES string of the molecule is CC(=O)c1ccc(-c2ccc(C(=O)Nc3nc(-c4ccccc4)c(C(C)=O)s3)o2)cc1. The highest BCUT2D eigenvalue weighted by atomic mass is 32.1. The lowest BCUT2D eigenvalue weighted by Crippen LogP contribution is -2.10. The van der Waals surface area contributed by atoms with Gasteiger partial charge in [-0.05, 0) is 19.1 Å². The molecule has 0 aliphatic carbocycles.